The van der Waals surface area contributed by atoms with Gasteiger partial charge in [-0.25, -0.2) is 0 Å². The minimum atomic E-state index is 0.0734. The van der Waals surface area contributed by atoms with Crippen LogP contribution in [0.3, 0.4) is 0 Å². The van der Waals surface area contributed by atoms with Crippen molar-refractivity contribution < 1.29 is 9.21 Å². The van der Waals surface area contributed by atoms with E-state index in [0.717, 1.165) is 30.5 Å². The summed E-state index contributed by atoms with van der Waals surface area (Å²) >= 11 is 0. The molecular weight excluding hydrogens is 278 g/mol. The van der Waals surface area contributed by atoms with E-state index < -0.39 is 0 Å². The Hall–Kier alpha value is -2.30. The number of hydrogen-bond acceptors (Lipinski definition) is 4. The smallest absolute Gasteiger partial charge is 0.298 e. The van der Waals surface area contributed by atoms with Crippen LogP contribution in [0.25, 0.3) is 11.1 Å². The quantitative estimate of drug-likeness (QED) is 0.833. The van der Waals surface area contributed by atoms with Crippen LogP contribution in [0.1, 0.15) is 25.7 Å². The van der Waals surface area contributed by atoms with Crippen LogP contribution in [-0.4, -0.2) is 30.0 Å². The molecule has 1 N–H and O–H groups in total. The van der Waals surface area contributed by atoms with Crippen LogP contribution in [-0.2, 0) is 4.79 Å². The van der Waals surface area contributed by atoms with Crippen molar-refractivity contribution in [2.45, 2.75) is 31.7 Å². The summed E-state index contributed by atoms with van der Waals surface area (Å²) in [6.45, 7) is 5.18. The van der Waals surface area contributed by atoms with Crippen LogP contribution in [0.4, 0.5) is 6.01 Å². The number of allylic oxidation sites excluding steroid dienone is 1. The average Bonchev–Trinajstić information content (AvgIpc) is 3.16. The summed E-state index contributed by atoms with van der Waals surface area (Å²) in [5.74, 6) is 0.0734. The van der Waals surface area contributed by atoms with Gasteiger partial charge in [0.15, 0.2) is 5.58 Å². The van der Waals surface area contributed by atoms with Crippen LogP contribution in [0.15, 0.2) is 41.3 Å². The molecule has 0 radical (unpaired) electrons. The zero-order chi connectivity index (χ0) is 15.4. The number of carbonyl (C=O) groups excluding carboxylic acids is 1. The van der Waals surface area contributed by atoms with Gasteiger partial charge in [-0.2, -0.15) is 4.98 Å². The molecule has 5 nitrogen and oxygen atoms in total. The van der Waals surface area contributed by atoms with E-state index in [1.807, 2.05) is 24.3 Å². The minimum absolute atomic E-state index is 0.0734. The summed E-state index contributed by atoms with van der Waals surface area (Å²) in [7, 11) is 0. The number of aromatic nitrogens is 1. The lowest BCUT2D eigenvalue weighted by Gasteiger charge is -2.23. The van der Waals surface area contributed by atoms with Crippen molar-refractivity contribution >= 4 is 23.0 Å². The fourth-order valence-electron chi connectivity index (χ4n) is 2.84. The van der Waals surface area contributed by atoms with Crippen LogP contribution in [0.5, 0.6) is 0 Å². The Morgan fingerprint density at radius 2 is 2.36 bits per heavy atom. The molecule has 2 heterocycles. The molecule has 1 aromatic carbocycles. The van der Waals surface area contributed by atoms with Gasteiger partial charge in [0.25, 0.3) is 6.01 Å². The lowest BCUT2D eigenvalue weighted by Crippen LogP contribution is -2.40. The highest BCUT2D eigenvalue weighted by atomic mass is 16.4. The normalized spacial score (nSPS) is 17.8. The molecule has 0 bridgehead atoms. The number of rotatable bonds is 6. The molecule has 0 spiro atoms. The molecule has 3 rings (SSSR count). The molecule has 0 saturated carbocycles. The zero-order valence-corrected chi connectivity index (χ0v) is 12.6. The van der Waals surface area contributed by atoms with E-state index in [1.54, 1.807) is 6.08 Å². The van der Waals surface area contributed by atoms with Gasteiger partial charge in [0, 0.05) is 19.5 Å². The lowest BCUT2D eigenvalue weighted by molar-refractivity contribution is -0.121. The standard InChI is InChI=1S/C17H21N3O2/c1-2-3-10-16(21)18-12-13-7-6-11-20(13)17-19-14-8-4-5-9-15(14)22-17/h2,4-5,8-9,13H,1,3,6-7,10-12H2,(H,18,21). The molecule has 1 aliphatic heterocycles. The van der Waals surface area contributed by atoms with Crippen LogP contribution >= 0.6 is 0 Å². The van der Waals surface area contributed by atoms with E-state index in [1.165, 1.54) is 0 Å². The van der Waals surface area contributed by atoms with Crippen molar-refractivity contribution in [3.05, 3.63) is 36.9 Å². The molecule has 1 unspecified atom stereocenters. The van der Waals surface area contributed by atoms with Gasteiger partial charge in [0.1, 0.15) is 5.52 Å². The number of para-hydroxylation sites is 2. The third-order valence-electron chi connectivity index (χ3n) is 4.02. The molecule has 22 heavy (non-hydrogen) atoms. The van der Waals surface area contributed by atoms with E-state index >= 15 is 0 Å². The molecular formula is C17H21N3O2. The van der Waals surface area contributed by atoms with Gasteiger partial charge in [-0.3, -0.25) is 4.79 Å². The Morgan fingerprint density at radius 1 is 1.50 bits per heavy atom. The molecule has 1 aliphatic rings. The number of nitrogens with one attached hydrogen (secondary N) is 1. The second-order valence-electron chi connectivity index (χ2n) is 5.59. The van der Waals surface area contributed by atoms with Crippen molar-refractivity contribution in [3.63, 3.8) is 0 Å². The van der Waals surface area contributed by atoms with E-state index in [0.29, 0.717) is 25.4 Å². The average molecular weight is 299 g/mol. The summed E-state index contributed by atoms with van der Waals surface area (Å²) in [5, 5.41) is 3.00. The van der Waals surface area contributed by atoms with Gasteiger partial charge < -0.3 is 14.6 Å². The predicted octanol–water partition coefficient (Wildman–Crippen LogP) is 2.88. The van der Waals surface area contributed by atoms with Gasteiger partial charge in [0.2, 0.25) is 5.91 Å². The topological polar surface area (TPSA) is 58.4 Å². The predicted molar refractivity (Wildman–Crippen MR) is 86.8 cm³/mol. The van der Waals surface area contributed by atoms with E-state index in [4.69, 9.17) is 4.42 Å². The number of hydrogen-bond donors (Lipinski definition) is 1. The molecule has 1 fully saturated rings. The SMILES string of the molecule is C=CCCC(=O)NCC1CCCN1c1nc2ccccc2o1. The zero-order valence-electron chi connectivity index (χ0n) is 12.6. The van der Waals surface area contributed by atoms with E-state index in [2.05, 4.69) is 21.8 Å². The Balaban J connectivity index is 1.65. The van der Waals surface area contributed by atoms with Crippen molar-refractivity contribution in [3.8, 4) is 0 Å². The number of fused-ring (bicyclic) bond motifs is 1. The van der Waals surface area contributed by atoms with Gasteiger partial charge in [-0.05, 0) is 31.4 Å². The highest BCUT2D eigenvalue weighted by molar-refractivity contribution is 5.76. The molecule has 116 valence electrons. The first-order valence-corrected chi connectivity index (χ1v) is 7.78. The lowest BCUT2D eigenvalue weighted by atomic mass is 10.2. The molecule has 2 aromatic rings. The van der Waals surface area contributed by atoms with E-state index in [-0.39, 0.29) is 11.9 Å². The third-order valence-corrected chi connectivity index (χ3v) is 4.02. The number of benzene rings is 1. The summed E-state index contributed by atoms with van der Waals surface area (Å²) in [6, 6.07) is 8.68. The number of carbonyl (C=O) groups is 1. The fraction of sp³-hybridized carbons (Fsp3) is 0.412. The highest BCUT2D eigenvalue weighted by Gasteiger charge is 2.28. The number of anilines is 1. The Kier molecular flexibility index (Phi) is 4.42. The molecule has 1 amide bonds. The molecule has 1 aromatic heterocycles. The van der Waals surface area contributed by atoms with E-state index in [9.17, 15) is 4.79 Å². The molecule has 0 aliphatic carbocycles. The largest absolute Gasteiger partial charge is 0.423 e. The Labute approximate surface area is 130 Å². The Bertz CT molecular complexity index is 632. The van der Waals surface area contributed by atoms with Crippen LogP contribution < -0.4 is 10.2 Å². The summed E-state index contributed by atoms with van der Waals surface area (Å²) < 4.78 is 5.84. The second kappa shape index (κ2) is 6.64. The van der Waals surface area contributed by atoms with Crippen molar-refractivity contribution in [2.24, 2.45) is 0 Å². The van der Waals surface area contributed by atoms with Gasteiger partial charge >= 0.3 is 0 Å². The maximum Gasteiger partial charge on any atom is 0.298 e. The van der Waals surface area contributed by atoms with Gasteiger partial charge in [-0.15, -0.1) is 6.58 Å². The van der Waals surface area contributed by atoms with Crippen molar-refractivity contribution in [1.82, 2.24) is 10.3 Å². The maximum atomic E-state index is 11.7. The monoisotopic (exact) mass is 299 g/mol. The minimum Gasteiger partial charge on any atom is -0.423 e. The van der Waals surface area contributed by atoms with Gasteiger partial charge in [0.05, 0.1) is 6.04 Å². The molecule has 1 atom stereocenters. The first-order chi connectivity index (χ1) is 10.8. The van der Waals surface area contributed by atoms with Crippen LogP contribution in [0.2, 0.25) is 0 Å². The summed E-state index contributed by atoms with van der Waals surface area (Å²) in [4.78, 5) is 18.4. The van der Waals surface area contributed by atoms with Crippen molar-refractivity contribution in [1.29, 1.82) is 0 Å². The number of oxazole rings is 1. The molecule has 5 heteroatoms. The summed E-state index contributed by atoms with van der Waals surface area (Å²) in [6.07, 6.45) is 5.11. The second-order valence-corrected chi connectivity index (χ2v) is 5.59. The van der Waals surface area contributed by atoms with Crippen LogP contribution in [0, 0.1) is 0 Å². The number of nitrogens with zero attached hydrogens (tertiary/aromatic N) is 2. The first-order valence-electron chi connectivity index (χ1n) is 7.78. The molecule has 1 saturated heterocycles. The maximum absolute atomic E-state index is 11.7. The summed E-state index contributed by atoms with van der Waals surface area (Å²) in [5.41, 5.74) is 1.68. The number of amides is 1. The highest BCUT2D eigenvalue weighted by Crippen LogP contribution is 2.27. The first kappa shape index (κ1) is 14.6. The van der Waals surface area contributed by atoms with Gasteiger partial charge in [-0.1, -0.05) is 18.2 Å². The third kappa shape index (κ3) is 3.13. The van der Waals surface area contributed by atoms with Crippen molar-refractivity contribution in [2.75, 3.05) is 18.0 Å². The fourth-order valence-corrected chi connectivity index (χ4v) is 2.84. The Morgan fingerprint density at radius 3 is 3.18 bits per heavy atom.